The van der Waals surface area contributed by atoms with Crippen molar-refractivity contribution in [1.82, 2.24) is 9.13 Å². The number of alkyl halides is 6. The fraction of sp³-hybridized carbons (Fsp3) is 0.154. The molecule has 218 valence electrons. The first-order valence-electron chi connectivity index (χ1n) is 11.3. The van der Waals surface area contributed by atoms with Crippen molar-refractivity contribution < 1.29 is 44.7 Å². The highest BCUT2D eigenvalue weighted by Gasteiger charge is 2.39. The van der Waals surface area contributed by atoms with Crippen molar-refractivity contribution in [3.05, 3.63) is 91.4 Å². The van der Waals surface area contributed by atoms with Crippen LogP contribution in [0.2, 0.25) is 5.02 Å². The monoisotopic (exact) mass is 616 g/mol. The number of halogens is 9. The first-order valence-corrected chi connectivity index (χ1v) is 11.7. The molecule has 0 aliphatic carbocycles. The molecule has 4 aromatic rings. The summed E-state index contributed by atoms with van der Waals surface area (Å²) in [6, 6.07) is 4.62. The largest absolute Gasteiger partial charge is 0.417 e. The molecule has 3 aromatic carbocycles. The van der Waals surface area contributed by atoms with E-state index in [2.05, 4.69) is 0 Å². The van der Waals surface area contributed by atoms with E-state index in [1.54, 1.807) is 0 Å². The van der Waals surface area contributed by atoms with E-state index < -0.39 is 103 Å². The molecule has 0 saturated carbocycles. The lowest BCUT2D eigenvalue weighted by Crippen LogP contribution is -2.28. The molecule has 1 heterocycles. The molecule has 0 saturated heterocycles. The Morgan fingerprint density at radius 3 is 2.17 bits per heavy atom. The number of primary amides is 1. The second-order valence-corrected chi connectivity index (χ2v) is 9.29. The molecule has 0 radical (unpaired) electrons. The lowest BCUT2D eigenvalue weighted by molar-refractivity contribution is -0.140. The van der Waals surface area contributed by atoms with Crippen molar-refractivity contribution in [3.63, 3.8) is 0 Å². The molecule has 2 N–H and O–H groups in total. The number of carbonyl (C=O) groups is 2. The Bertz CT molecular complexity index is 1920. The van der Waals surface area contributed by atoms with Gasteiger partial charge in [-0.3, -0.25) is 18.7 Å². The minimum absolute atomic E-state index is 0.0603. The van der Waals surface area contributed by atoms with Crippen LogP contribution in [0.25, 0.3) is 22.2 Å². The van der Waals surface area contributed by atoms with Gasteiger partial charge in [0.15, 0.2) is 5.78 Å². The minimum Gasteiger partial charge on any atom is -0.366 e. The van der Waals surface area contributed by atoms with Crippen molar-refractivity contribution in [2.75, 3.05) is 0 Å². The highest BCUT2D eigenvalue weighted by atomic mass is 35.5. The van der Waals surface area contributed by atoms with E-state index in [4.69, 9.17) is 17.3 Å². The Morgan fingerprint density at radius 2 is 1.62 bits per heavy atom. The van der Waals surface area contributed by atoms with Crippen LogP contribution in [0.1, 0.15) is 37.4 Å². The van der Waals surface area contributed by atoms with E-state index in [0.717, 1.165) is 19.2 Å². The van der Waals surface area contributed by atoms with E-state index in [1.165, 1.54) is 6.07 Å². The molecular weight excluding hydrogens is 604 g/mol. The number of amides is 1. The average Bonchev–Trinajstić information content (AvgIpc) is 3.11. The molecule has 0 aliphatic rings. The van der Waals surface area contributed by atoms with E-state index in [0.29, 0.717) is 22.8 Å². The molecule has 1 aromatic heterocycles. The molecule has 0 bridgehead atoms. The Hall–Kier alpha value is -4.71. The standard InChI is InChI=1S/C26H13ClF8N4O3/c1-38-21-15(8-36)20(22(40)12-4-10(28)2-3-17(12)27)13(7-18(21)39(24(38)42)9-25(30,31)32)19-14(23(37)41)5-11(29)6-16(19)26(33,34)35/h2-7H,9H2,1H3,(H2,37,41). The summed E-state index contributed by atoms with van der Waals surface area (Å²) < 4.78 is 112. The van der Waals surface area contributed by atoms with E-state index in [-0.39, 0.29) is 10.6 Å². The lowest BCUT2D eigenvalue weighted by Gasteiger charge is -2.20. The first-order chi connectivity index (χ1) is 19.4. The fourth-order valence-electron chi connectivity index (χ4n) is 4.58. The number of nitriles is 1. The van der Waals surface area contributed by atoms with Crippen molar-refractivity contribution in [2.24, 2.45) is 12.8 Å². The fourth-order valence-corrected chi connectivity index (χ4v) is 4.78. The molecule has 0 atom stereocenters. The molecule has 0 aliphatic heterocycles. The van der Waals surface area contributed by atoms with Crippen LogP contribution in [0.5, 0.6) is 0 Å². The van der Waals surface area contributed by atoms with Crippen LogP contribution >= 0.6 is 11.6 Å². The number of imidazole rings is 1. The van der Waals surface area contributed by atoms with Gasteiger partial charge in [0.25, 0.3) is 0 Å². The van der Waals surface area contributed by atoms with E-state index in [9.17, 15) is 54.8 Å². The number of carbonyl (C=O) groups excluding carboxylic acids is 2. The molecule has 1 amide bonds. The number of benzene rings is 3. The smallest absolute Gasteiger partial charge is 0.366 e. The lowest BCUT2D eigenvalue weighted by atomic mass is 9.85. The average molecular weight is 617 g/mol. The first kappa shape index (κ1) is 30.3. The van der Waals surface area contributed by atoms with Crippen molar-refractivity contribution in [1.29, 1.82) is 5.26 Å². The van der Waals surface area contributed by atoms with Gasteiger partial charge in [-0.1, -0.05) is 11.6 Å². The Kier molecular flexibility index (Phi) is 7.41. The second kappa shape index (κ2) is 10.3. The maximum Gasteiger partial charge on any atom is 0.417 e. The maximum absolute atomic E-state index is 14.3. The van der Waals surface area contributed by atoms with Gasteiger partial charge in [0, 0.05) is 18.2 Å². The van der Waals surface area contributed by atoms with Crippen LogP contribution in [-0.4, -0.2) is 27.0 Å². The van der Waals surface area contributed by atoms with Crippen LogP contribution in [0, 0.1) is 23.0 Å². The zero-order valence-corrected chi connectivity index (χ0v) is 21.5. The molecule has 4 rings (SSSR count). The summed E-state index contributed by atoms with van der Waals surface area (Å²) in [5.41, 5.74) is -5.46. The summed E-state index contributed by atoms with van der Waals surface area (Å²) in [6.45, 7) is -1.96. The quantitative estimate of drug-likeness (QED) is 0.228. The molecular formula is C26H13ClF8N4O3. The van der Waals surface area contributed by atoms with Gasteiger partial charge in [0.1, 0.15) is 24.2 Å². The van der Waals surface area contributed by atoms with E-state index >= 15 is 0 Å². The zero-order chi connectivity index (χ0) is 31.5. The van der Waals surface area contributed by atoms with Gasteiger partial charge in [0.2, 0.25) is 5.91 Å². The summed E-state index contributed by atoms with van der Waals surface area (Å²) in [5, 5.41) is 9.65. The number of hydrogen-bond acceptors (Lipinski definition) is 4. The molecule has 42 heavy (non-hydrogen) atoms. The highest BCUT2D eigenvalue weighted by Crippen LogP contribution is 2.44. The zero-order valence-electron chi connectivity index (χ0n) is 20.7. The summed E-state index contributed by atoms with van der Waals surface area (Å²) in [6.07, 6.45) is -10.5. The second-order valence-electron chi connectivity index (χ2n) is 8.89. The number of aromatic nitrogens is 2. The number of nitrogens with zero attached hydrogens (tertiary/aromatic N) is 3. The predicted octanol–water partition coefficient (Wildman–Crippen LogP) is 5.72. The Labute approximate surface area is 233 Å². The van der Waals surface area contributed by atoms with Gasteiger partial charge >= 0.3 is 18.0 Å². The summed E-state index contributed by atoms with van der Waals surface area (Å²) in [4.78, 5) is 38.9. The SMILES string of the molecule is Cn1c(=O)n(CC(F)(F)F)c2cc(-c3c(C(N)=O)cc(F)cc3C(F)(F)F)c(C(=O)c3cc(F)ccc3Cl)c(C#N)c21. The van der Waals surface area contributed by atoms with Crippen LogP contribution < -0.4 is 11.4 Å². The third-order valence-corrected chi connectivity index (χ3v) is 6.55. The number of hydrogen-bond donors (Lipinski definition) is 1. The molecule has 0 spiro atoms. The number of ketones is 1. The number of fused-ring (bicyclic) bond motifs is 1. The number of aryl methyl sites for hydroxylation is 1. The molecule has 0 unspecified atom stereocenters. The van der Waals surface area contributed by atoms with Gasteiger partial charge in [-0.2, -0.15) is 31.6 Å². The van der Waals surface area contributed by atoms with Crippen LogP contribution in [0.15, 0.2) is 41.2 Å². The molecule has 16 heteroatoms. The van der Waals surface area contributed by atoms with Gasteiger partial charge in [-0.05, 0) is 42.0 Å². The predicted molar refractivity (Wildman–Crippen MR) is 132 cm³/mol. The Morgan fingerprint density at radius 1 is 1.00 bits per heavy atom. The van der Waals surface area contributed by atoms with Gasteiger partial charge in [-0.25, -0.2) is 13.6 Å². The minimum atomic E-state index is -5.46. The third-order valence-electron chi connectivity index (χ3n) is 6.22. The normalized spacial score (nSPS) is 12.0. The van der Waals surface area contributed by atoms with Crippen molar-refractivity contribution in [3.8, 4) is 17.2 Å². The number of nitrogens with two attached hydrogens (primary N) is 1. The summed E-state index contributed by atoms with van der Waals surface area (Å²) in [5.74, 6) is -5.67. The number of rotatable bonds is 5. The van der Waals surface area contributed by atoms with Crippen LogP contribution in [-0.2, 0) is 19.8 Å². The van der Waals surface area contributed by atoms with E-state index in [1.807, 2.05) is 0 Å². The molecule has 0 fully saturated rings. The Balaban J connectivity index is 2.35. The van der Waals surface area contributed by atoms with Gasteiger partial charge in [-0.15, -0.1) is 0 Å². The van der Waals surface area contributed by atoms with Crippen molar-refractivity contribution >= 4 is 34.3 Å². The van der Waals surface area contributed by atoms with Crippen LogP contribution in [0.3, 0.4) is 0 Å². The van der Waals surface area contributed by atoms with Gasteiger partial charge < -0.3 is 5.73 Å². The van der Waals surface area contributed by atoms with Crippen LogP contribution in [0.4, 0.5) is 35.1 Å². The highest BCUT2D eigenvalue weighted by molar-refractivity contribution is 6.35. The molecule has 7 nitrogen and oxygen atoms in total. The maximum atomic E-state index is 14.3. The van der Waals surface area contributed by atoms with Crippen molar-refractivity contribution in [2.45, 2.75) is 18.9 Å². The third kappa shape index (κ3) is 5.20. The topological polar surface area (TPSA) is 111 Å². The van der Waals surface area contributed by atoms with Gasteiger partial charge in [0.05, 0.1) is 38.3 Å². The summed E-state index contributed by atoms with van der Waals surface area (Å²) in [7, 11) is 0.940. The summed E-state index contributed by atoms with van der Waals surface area (Å²) >= 11 is 6.03.